The molecule has 0 radical (unpaired) electrons. The van der Waals surface area contributed by atoms with Crippen LogP contribution in [0.15, 0.2) is 51.9 Å². The molecule has 0 saturated carbocycles. The van der Waals surface area contributed by atoms with Crippen LogP contribution >= 0.6 is 0 Å². The molecule has 1 aliphatic heterocycles. The van der Waals surface area contributed by atoms with Gasteiger partial charge in [-0.25, -0.2) is 0 Å². The molecule has 25 heavy (non-hydrogen) atoms. The topological polar surface area (TPSA) is 91.8 Å². The Kier molecular flexibility index (Phi) is 3.61. The zero-order valence-electron chi connectivity index (χ0n) is 13.1. The zero-order valence-corrected chi connectivity index (χ0v) is 13.1. The van der Waals surface area contributed by atoms with Crippen molar-refractivity contribution in [3.05, 3.63) is 63.0 Å². The summed E-state index contributed by atoms with van der Waals surface area (Å²) >= 11 is 0. The lowest BCUT2D eigenvalue weighted by Gasteiger charge is -2.10. The average molecular weight is 339 g/mol. The third-order valence-electron chi connectivity index (χ3n) is 4.04. The largest absolute Gasteiger partial charge is 0.489 e. The van der Waals surface area contributed by atoms with Crippen molar-refractivity contribution in [3.63, 3.8) is 0 Å². The summed E-state index contributed by atoms with van der Waals surface area (Å²) in [6, 6.07) is 9.10. The van der Waals surface area contributed by atoms with E-state index in [0.717, 1.165) is 6.42 Å². The lowest BCUT2D eigenvalue weighted by molar-refractivity contribution is -0.384. The van der Waals surface area contributed by atoms with Crippen molar-refractivity contribution in [1.82, 2.24) is 0 Å². The summed E-state index contributed by atoms with van der Waals surface area (Å²) < 4.78 is 16.9. The number of hydrogen-bond donors (Lipinski definition) is 0. The molecular weight excluding hydrogens is 326 g/mol. The molecule has 0 aliphatic carbocycles. The summed E-state index contributed by atoms with van der Waals surface area (Å²) in [6.45, 7) is 1.03. The van der Waals surface area contributed by atoms with E-state index in [1.807, 2.05) is 0 Å². The number of ether oxygens (including phenoxy) is 2. The van der Waals surface area contributed by atoms with Gasteiger partial charge in [0, 0.05) is 18.6 Å². The van der Waals surface area contributed by atoms with E-state index in [1.165, 1.54) is 30.5 Å². The second-order valence-corrected chi connectivity index (χ2v) is 5.60. The third-order valence-corrected chi connectivity index (χ3v) is 4.04. The van der Waals surface area contributed by atoms with Crippen molar-refractivity contribution in [1.29, 1.82) is 0 Å². The molecule has 0 saturated heterocycles. The number of nitro groups is 1. The predicted molar refractivity (Wildman–Crippen MR) is 90.2 cm³/mol. The van der Waals surface area contributed by atoms with Crippen molar-refractivity contribution in [3.8, 4) is 22.6 Å². The molecule has 2 aromatic carbocycles. The van der Waals surface area contributed by atoms with Gasteiger partial charge in [-0.2, -0.15) is 0 Å². The highest BCUT2D eigenvalue weighted by Crippen LogP contribution is 2.37. The molecule has 7 nitrogen and oxygen atoms in total. The second-order valence-electron chi connectivity index (χ2n) is 5.60. The van der Waals surface area contributed by atoms with Crippen LogP contribution in [0, 0.1) is 10.1 Å². The van der Waals surface area contributed by atoms with Crippen LogP contribution in [0.3, 0.4) is 0 Å². The number of non-ortho nitro benzene ring substituents is 1. The van der Waals surface area contributed by atoms with E-state index in [-0.39, 0.29) is 11.1 Å². The first-order valence-electron chi connectivity index (χ1n) is 7.74. The first kappa shape index (κ1) is 15.2. The van der Waals surface area contributed by atoms with Crippen LogP contribution in [0.1, 0.15) is 6.42 Å². The van der Waals surface area contributed by atoms with E-state index < -0.39 is 4.92 Å². The van der Waals surface area contributed by atoms with Crippen molar-refractivity contribution in [2.45, 2.75) is 6.42 Å². The van der Waals surface area contributed by atoms with Gasteiger partial charge in [-0.05, 0) is 29.8 Å². The maximum Gasteiger partial charge on any atom is 0.269 e. The van der Waals surface area contributed by atoms with E-state index in [1.54, 1.807) is 12.1 Å². The number of fused-ring (bicyclic) bond motifs is 3. The molecular formula is C18H13NO6. The number of nitrogens with zero attached hydrogens (tertiary/aromatic N) is 1. The second kappa shape index (κ2) is 5.94. The molecule has 0 unspecified atom stereocenters. The van der Waals surface area contributed by atoms with Crippen LogP contribution in [0.2, 0.25) is 0 Å². The Morgan fingerprint density at radius 3 is 2.52 bits per heavy atom. The van der Waals surface area contributed by atoms with Crippen molar-refractivity contribution >= 4 is 16.7 Å². The number of rotatable bonds is 2. The average Bonchev–Trinajstić information content (AvgIpc) is 2.88. The van der Waals surface area contributed by atoms with E-state index in [2.05, 4.69) is 0 Å². The Bertz CT molecular complexity index is 1020. The Labute approximate surface area is 141 Å². The Balaban J connectivity index is 1.86. The molecule has 0 amide bonds. The van der Waals surface area contributed by atoms with Gasteiger partial charge < -0.3 is 13.9 Å². The van der Waals surface area contributed by atoms with Crippen molar-refractivity contribution < 1.29 is 18.8 Å². The first-order chi connectivity index (χ1) is 12.1. The molecule has 4 rings (SSSR count). The Morgan fingerprint density at radius 1 is 1.00 bits per heavy atom. The molecule has 0 atom stereocenters. The highest BCUT2D eigenvalue weighted by Gasteiger charge is 2.19. The molecule has 0 N–H and O–H groups in total. The van der Waals surface area contributed by atoms with Crippen LogP contribution in [0.5, 0.6) is 11.5 Å². The summed E-state index contributed by atoms with van der Waals surface area (Å²) in [6.07, 6.45) is 2.10. The molecule has 1 aliphatic rings. The van der Waals surface area contributed by atoms with E-state index in [9.17, 15) is 14.9 Å². The minimum absolute atomic E-state index is 0.0372. The molecule has 0 spiro atoms. The normalized spacial score (nSPS) is 13.4. The smallest absolute Gasteiger partial charge is 0.269 e. The molecule has 126 valence electrons. The van der Waals surface area contributed by atoms with Gasteiger partial charge in [-0.3, -0.25) is 14.9 Å². The Morgan fingerprint density at radius 2 is 1.76 bits per heavy atom. The summed E-state index contributed by atoms with van der Waals surface area (Å²) in [5.74, 6) is 0.985. The third kappa shape index (κ3) is 2.59. The maximum atomic E-state index is 12.8. The molecule has 1 aromatic heterocycles. The van der Waals surface area contributed by atoms with Crippen LogP contribution in [0.4, 0.5) is 5.69 Å². The minimum atomic E-state index is -0.487. The lowest BCUT2D eigenvalue weighted by Crippen LogP contribution is -2.06. The van der Waals surface area contributed by atoms with Crippen LogP contribution in [-0.4, -0.2) is 18.1 Å². The van der Waals surface area contributed by atoms with Crippen LogP contribution in [-0.2, 0) is 0 Å². The highest BCUT2D eigenvalue weighted by molar-refractivity contribution is 5.88. The number of benzene rings is 2. The van der Waals surface area contributed by atoms with Gasteiger partial charge in [-0.1, -0.05) is 0 Å². The number of hydrogen-bond acceptors (Lipinski definition) is 6. The fourth-order valence-corrected chi connectivity index (χ4v) is 2.78. The first-order valence-corrected chi connectivity index (χ1v) is 7.74. The monoisotopic (exact) mass is 339 g/mol. The molecule has 3 aromatic rings. The predicted octanol–water partition coefficient (Wildman–Crippen LogP) is 3.53. The summed E-state index contributed by atoms with van der Waals surface area (Å²) in [4.78, 5) is 23.1. The lowest BCUT2D eigenvalue weighted by atomic mass is 10.0. The zero-order chi connectivity index (χ0) is 17.4. The van der Waals surface area contributed by atoms with Gasteiger partial charge >= 0.3 is 0 Å². The molecule has 2 heterocycles. The van der Waals surface area contributed by atoms with Gasteiger partial charge in [0.2, 0.25) is 11.2 Å². The van der Waals surface area contributed by atoms with Gasteiger partial charge in [0.05, 0.1) is 29.1 Å². The summed E-state index contributed by atoms with van der Waals surface area (Å²) in [5.41, 5.74) is 0.954. The van der Waals surface area contributed by atoms with E-state index >= 15 is 0 Å². The SMILES string of the molecule is O=c1c(-c2ccc([N+](=O)[O-])cc2)coc2c3c(ccc12)OCCCO3. The fourth-order valence-electron chi connectivity index (χ4n) is 2.78. The van der Waals surface area contributed by atoms with Gasteiger partial charge in [0.1, 0.15) is 6.26 Å². The quantitative estimate of drug-likeness (QED) is 0.524. The summed E-state index contributed by atoms with van der Waals surface area (Å²) in [5, 5.41) is 11.1. The van der Waals surface area contributed by atoms with Crippen LogP contribution < -0.4 is 14.9 Å². The fraction of sp³-hybridized carbons (Fsp3) is 0.167. The standard InChI is InChI=1S/C18H13NO6/c20-16-13-6-7-15-18(24-9-1-8-23-15)17(13)25-10-14(16)11-2-4-12(5-3-11)19(21)22/h2-7,10H,1,8-9H2. The number of nitro benzene ring substituents is 1. The molecule has 0 bridgehead atoms. The molecule has 7 heteroatoms. The highest BCUT2D eigenvalue weighted by atomic mass is 16.6. The van der Waals surface area contributed by atoms with Crippen molar-refractivity contribution in [2.24, 2.45) is 0 Å². The minimum Gasteiger partial charge on any atom is -0.489 e. The van der Waals surface area contributed by atoms with Crippen LogP contribution in [0.25, 0.3) is 22.1 Å². The van der Waals surface area contributed by atoms with E-state index in [4.69, 9.17) is 13.9 Å². The maximum absolute atomic E-state index is 12.8. The summed E-state index contributed by atoms with van der Waals surface area (Å²) in [7, 11) is 0. The van der Waals surface area contributed by atoms with Gasteiger partial charge in [-0.15, -0.1) is 0 Å². The molecule has 0 fully saturated rings. The van der Waals surface area contributed by atoms with E-state index in [0.29, 0.717) is 46.8 Å². The van der Waals surface area contributed by atoms with Gasteiger partial charge in [0.25, 0.3) is 5.69 Å². The van der Waals surface area contributed by atoms with Gasteiger partial charge in [0.15, 0.2) is 11.3 Å². The van der Waals surface area contributed by atoms with Crippen molar-refractivity contribution in [2.75, 3.05) is 13.2 Å². The Hall–Kier alpha value is -3.35.